The third kappa shape index (κ3) is 6.01. The third-order valence-electron chi connectivity index (χ3n) is 10.3. The van der Waals surface area contributed by atoms with Crippen LogP contribution in [-0.2, 0) is 0 Å². The van der Waals surface area contributed by atoms with Gasteiger partial charge in [-0.05, 0) is 40.3 Å². The molecular formula is C51H34N4S. The van der Waals surface area contributed by atoms with Crippen molar-refractivity contribution in [3.05, 3.63) is 211 Å². The molecule has 3 aromatic heterocycles. The lowest BCUT2D eigenvalue weighted by Crippen LogP contribution is -1.96. The van der Waals surface area contributed by atoms with E-state index in [2.05, 4.69) is 150 Å². The van der Waals surface area contributed by atoms with E-state index in [0.29, 0.717) is 5.71 Å². The first-order valence-electron chi connectivity index (χ1n) is 18.7. The highest BCUT2D eigenvalue weighted by Crippen LogP contribution is 2.41. The molecule has 4 nitrogen and oxygen atoms in total. The number of aromatic nitrogens is 2. The van der Waals surface area contributed by atoms with Crippen LogP contribution in [0.25, 0.3) is 75.8 Å². The van der Waals surface area contributed by atoms with Crippen molar-refractivity contribution < 1.29 is 0 Å². The second kappa shape index (κ2) is 14.2. The van der Waals surface area contributed by atoms with Crippen molar-refractivity contribution in [3.63, 3.8) is 0 Å². The van der Waals surface area contributed by atoms with Crippen LogP contribution in [0.4, 0.5) is 0 Å². The maximum Gasteiger partial charge on any atom is 0.101 e. The molecule has 1 N–H and O–H groups in total. The van der Waals surface area contributed by atoms with E-state index in [4.69, 9.17) is 15.5 Å². The largest absolute Gasteiger partial charge is 0.300 e. The van der Waals surface area contributed by atoms with E-state index < -0.39 is 0 Å². The van der Waals surface area contributed by atoms with Crippen LogP contribution in [0.3, 0.4) is 0 Å². The number of allylic oxidation sites excluding steroid dienone is 1. The summed E-state index contributed by atoms with van der Waals surface area (Å²) in [6, 6.07) is 65.1. The summed E-state index contributed by atoms with van der Waals surface area (Å²) in [6.07, 6.45) is 3.80. The lowest BCUT2D eigenvalue weighted by Gasteiger charge is -2.11. The van der Waals surface area contributed by atoms with Gasteiger partial charge in [0.2, 0.25) is 0 Å². The molecule has 0 amide bonds. The van der Waals surface area contributed by atoms with Gasteiger partial charge in [-0.2, -0.15) is 5.10 Å². The number of nitrogens with zero attached hydrogens (tertiary/aromatic N) is 3. The lowest BCUT2D eigenvalue weighted by molar-refractivity contribution is 0.979. The Morgan fingerprint density at radius 2 is 1.23 bits per heavy atom. The molecule has 0 aliphatic rings. The highest BCUT2D eigenvalue weighted by Gasteiger charge is 2.21. The predicted octanol–water partition coefficient (Wildman–Crippen LogP) is 13.4. The number of benzene rings is 7. The summed E-state index contributed by atoms with van der Waals surface area (Å²) in [6.45, 7) is 0. The maximum absolute atomic E-state index is 9.05. The molecule has 0 unspecified atom stereocenters. The Kier molecular flexibility index (Phi) is 8.47. The quantitative estimate of drug-likeness (QED) is 0.155. The molecule has 0 saturated heterocycles. The van der Waals surface area contributed by atoms with Crippen molar-refractivity contribution >= 4 is 65.4 Å². The molecule has 5 heteroatoms. The molecule has 3 heterocycles. The number of fused-ring (bicyclic) bond motifs is 6. The molecule has 0 fully saturated rings. The molecule has 56 heavy (non-hydrogen) atoms. The summed E-state index contributed by atoms with van der Waals surface area (Å²) in [4.78, 5) is 5.13. The van der Waals surface area contributed by atoms with Crippen molar-refractivity contribution in [2.75, 3.05) is 0 Å². The topological polar surface area (TPSA) is 53.5 Å². The fraction of sp³-hybridized carbons (Fsp3) is 0. The molecule has 0 bridgehead atoms. The van der Waals surface area contributed by atoms with Crippen LogP contribution in [0.2, 0.25) is 0 Å². The zero-order valence-corrected chi connectivity index (χ0v) is 31.1. The first-order chi connectivity index (χ1) is 27.7. The van der Waals surface area contributed by atoms with Gasteiger partial charge in [-0.15, -0.1) is 11.3 Å². The number of nitrogens with one attached hydrogen (secondary N) is 1. The molecule has 0 aliphatic carbocycles. The SMILES string of the molecule is N=C(/C=C(\N=Cc1ccc(-c2c(-c3ccccc3)nn3c(-c4ccccc4)cc4ccccc4c23)cc1)c1cccc2c1sc1ccccc12)c1ccccc1. The van der Waals surface area contributed by atoms with E-state index in [-0.39, 0.29) is 0 Å². The molecular weight excluding hydrogens is 701 g/mol. The monoisotopic (exact) mass is 734 g/mol. The zero-order chi connectivity index (χ0) is 37.4. The van der Waals surface area contributed by atoms with Crippen molar-refractivity contribution in [1.82, 2.24) is 9.61 Å². The van der Waals surface area contributed by atoms with E-state index >= 15 is 0 Å². The van der Waals surface area contributed by atoms with Gasteiger partial charge in [0.15, 0.2) is 0 Å². The molecule has 7 aromatic carbocycles. The lowest BCUT2D eigenvalue weighted by atomic mass is 9.96. The summed E-state index contributed by atoms with van der Waals surface area (Å²) >= 11 is 1.77. The van der Waals surface area contributed by atoms with Gasteiger partial charge in [0.05, 0.1) is 22.6 Å². The highest BCUT2D eigenvalue weighted by atomic mass is 32.1. The molecule has 10 rings (SSSR count). The van der Waals surface area contributed by atoms with Gasteiger partial charge >= 0.3 is 0 Å². The fourth-order valence-electron chi connectivity index (χ4n) is 7.63. The number of hydrogen-bond acceptors (Lipinski definition) is 4. The molecule has 10 aromatic rings. The van der Waals surface area contributed by atoms with Gasteiger partial charge in [0, 0.05) is 54.0 Å². The van der Waals surface area contributed by atoms with Gasteiger partial charge in [-0.1, -0.05) is 176 Å². The minimum Gasteiger partial charge on any atom is -0.300 e. The van der Waals surface area contributed by atoms with E-state index in [9.17, 15) is 0 Å². The number of hydrogen-bond donors (Lipinski definition) is 1. The van der Waals surface area contributed by atoms with Crippen molar-refractivity contribution in [2.45, 2.75) is 0 Å². The average Bonchev–Trinajstić information content (AvgIpc) is 3.86. The molecule has 0 radical (unpaired) electrons. The molecule has 0 atom stereocenters. The van der Waals surface area contributed by atoms with E-state index in [1.165, 1.54) is 15.5 Å². The molecule has 0 aliphatic heterocycles. The summed E-state index contributed by atoms with van der Waals surface area (Å²) < 4.78 is 4.52. The molecule has 0 spiro atoms. The van der Waals surface area contributed by atoms with Crippen LogP contribution < -0.4 is 0 Å². The fourth-order valence-corrected chi connectivity index (χ4v) is 8.85. The van der Waals surface area contributed by atoms with Crippen LogP contribution >= 0.6 is 11.3 Å². The first-order valence-corrected chi connectivity index (χ1v) is 19.5. The van der Waals surface area contributed by atoms with Gasteiger partial charge < -0.3 is 5.41 Å². The van der Waals surface area contributed by atoms with Crippen LogP contribution in [0.1, 0.15) is 16.7 Å². The Labute approximate surface area is 328 Å². The van der Waals surface area contributed by atoms with Crippen LogP contribution in [0.15, 0.2) is 199 Å². The Bertz CT molecular complexity index is 3120. The van der Waals surface area contributed by atoms with E-state index in [1.54, 1.807) is 11.3 Å². The Balaban J connectivity index is 1.11. The summed E-state index contributed by atoms with van der Waals surface area (Å²) in [5, 5.41) is 19.1. The van der Waals surface area contributed by atoms with Gasteiger partial charge in [-0.25, -0.2) is 4.52 Å². The Morgan fingerprint density at radius 3 is 2.00 bits per heavy atom. The van der Waals surface area contributed by atoms with Gasteiger partial charge in [0.25, 0.3) is 0 Å². The maximum atomic E-state index is 9.05. The van der Waals surface area contributed by atoms with Crippen molar-refractivity contribution in [3.8, 4) is 33.6 Å². The van der Waals surface area contributed by atoms with Gasteiger partial charge in [-0.3, -0.25) is 4.99 Å². The van der Waals surface area contributed by atoms with Crippen molar-refractivity contribution in [1.29, 1.82) is 5.41 Å². The Morgan fingerprint density at radius 1 is 0.589 bits per heavy atom. The summed E-state index contributed by atoms with van der Waals surface area (Å²) in [5.74, 6) is 0. The molecule has 264 valence electrons. The standard InChI is InChI=1S/C51H34N4S/c52-44(35-15-4-1-5-16-35)32-45(43-25-14-24-42-41-23-12-13-26-47(41)56-51(42)43)53-33-34-27-29-37(30-28-34)48-49(38-19-8-3-9-20-38)54-55-46(36-17-6-2-7-18-36)31-39-21-10-11-22-40(39)50(48)55/h1-33,52H/b45-32-,52-44?,53-33?. The van der Waals surface area contributed by atoms with Crippen LogP contribution in [0.5, 0.6) is 0 Å². The highest BCUT2D eigenvalue weighted by molar-refractivity contribution is 7.26. The third-order valence-corrected chi connectivity index (χ3v) is 11.6. The molecule has 0 saturated carbocycles. The summed E-state index contributed by atoms with van der Waals surface area (Å²) in [5.41, 5.74) is 11.3. The number of aliphatic imine (C=N–C) groups is 1. The normalized spacial score (nSPS) is 12.0. The number of rotatable bonds is 8. The minimum absolute atomic E-state index is 0.412. The number of thiophene rings is 1. The Hall–Kier alpha value is -7.21. The predicted molar refractivity (Wildman–Crippen MR) is 237 cm³/mol. The van der Waals surface area contributed by atoms with Crippen LogP contribution in [0, 0.1) is 5.41 Å². The van der Waals surface area contributed by atoms with E-state index in [1.807, 2.05) is 54.8 Å². The van der Waals surface area contributed by atoms with Crippen molar-refractivity contribution in [2.24, 2.45) is 4.99 Å². The zero-order valence-electron chi connectivity index (χ0n) is 30.3. The average molecular weight is 735 g/mol. The van der Waals surface area contributed by atoms with E-state index in [0.717, 1.165) is 77.0 Å². The second-order valence-corrected chi connectivity index (χ2v) is 14.9. The first kappa shape index (κ1) is 33.4. The van der Waals surface area contributed by atoms with Gasteiger partial charge in [0.1, 0.15) is 5.69 Å². The summed E-state index contributed by atoms with van der Waals surface area (Å²) in [7, 11) is 0. The van der Waals surface area contributed by atoms with Crippen LogP contribution in [-0.4, -0.2) is 21.5 Å². The number of pyridine rings is 1. The minimum atomic E-state index is 0.412. The smallest absolute Gasteiger partial charge is 0.101 e. The second-order valence-electron chi connectivity index (χ2n) is 13.8.